The van der Waals surface area contributed by atoms with Crippen LogP contribution in [0, 0.1) is 23.3 Å². The molecule has 2 aromatic heterocycles. The Hall–Kier alpha value is -4.02. The van der Waals surface area contributed by atoms with Gasteiger partial charge in [-0.05, 0) is 36.4 Å². The predicted octanol–water partition coefficient (Wildman–Crippen LogP) is 6.42. The number of benzene rings is 2. The van der Waals surface area contributed by atoms with Crippen molar-refractivity contribution in [1.29, 1.82) is 0 Å². The average molecular weight is 552 g/mol. The van der Waals surface area contributed by atoms with Crippen molar-refractivity contribution in [3.05, 3.63) is 106 Å². The number of nitrogens with zero attached hydrogens (tertiary/aromatic N) is 2. The van der Waals surface area contributed by atoms with Crippen LogP contribution in [0.3, 0.4) is 0 Å². The Morgan fingerprint density at radius 2 is 1.16 bits per heavy atom. The fourth-order valence-corrected chi connectivity index (χ4v) is 3.50. The monoisotopic (exact) mass is 551 g/mol. The van der Waals surface area contributed by atoms with E-state index < -0.39 is 35.1 Å². The standard InChI is InChI=1S/C13H9ClF2N2O.C12H6ClF2NO2/c1-17-13(19)9-6-18-3-2-7(9)8-4-12(16)10(14)5-11(8)15;13-9-4-10(14)7(3-11(9)15)6-1-2-16-5-8(6)12(17)18/h2-6H,1H3,(H,17,19);1-5H,(H,17,18). The molecule has 2 aromatic carbocycles. The van der Waals surface area contributed by atoms with Crippen molar-refractivity contribution in [2.24, 2.45) is 0 Å². The number of halogens is 6. The van der Waals surface area contributed by atoms with Gasteiger partial charge in [-0.2, -0.15) is 0 Å². The summed E-state index contributed by atoms with van der Waals surface area (Å²) in [6.07, 6.45) is 5.06. The van der Waals surface area contributed by atoms with Gasteiger partial charge in [-0.3, -0.25) is 14.8 Å². The molecule has 12 heteroatoms. The molecule has 0 aliphatic carbocycles. The van der Waals surface area contributed by atoms with Crippen LogP contribution in [0.4, 0.5) is 17.6 Å². The lowest BCUT2D eigenvalue weighted by Gasteiger charge is -2.09. The van der Waals surface area contributed by atoms with Crippen LogP contribution in [-0.2, 0) is 0 Å². The van der Waals surface area contributed by atoms with Gasteiger partial charge in [0.1, 0.15) is 23.3 Å². The lowest BCUT2D eigenvalue weighted by atomic mass is 10.0. The van der Waals surface area contributed by atoms with E-state index in [-0.39, 0.29) is 43.4 Å². The minimum absolute atomic E-state index is 0.0390. The molecule has 0 fully saturated rings. The molecule has 0 aliphatic rings. The van der Waals surface area contributed by atoms with Crippen LogP contribution in [-0.4, -0.2) is 34.0 Å². The molecule has 0 bridgehead atoms. The first-order valence-corrected chi connectivity index (χ1v) is 10.9. The van der Waals surface area contributed by atoms with Crippen molar-refractivity contribution in [3.8, 4) is 22.3 Å². The molecule has 0 saturated carbocycles. The molecule has 0 spiro atoms. The molecular weight excluding hydrogens is 537 g/mol. The summed E-state index contributed by atoms with van der Waals surface area (Å²) in [6, 6.07) is 6.24. The van der Waals surface area contributed by atoms with Crippen molar-refractivity contribution < 1.29 is 32.3 Å². The van der Waals surface area contributed by atoms with Crippen molar-refractivity contribution in [1.82, 2.24) is 15.3 Å². The topological polar surface area (TPSA) is 92.2 Å². The minimum atomic E-state index is -1.27. The molecule has 2 N–H and O–H groups in total. The van der Waals surface area contributed by atoms with E-state index in [0.29, 0.717) is 0 Å². The normalized spacial score (nSPS) is 10.4. The number of hydrogen-bond acceptors (Lipinski definition) is 4. The number of aromatic nitrogens is 2. The van der Waals surface area contributed by atoms with E-state index in [0.717, 1.165) is 30.5 Å². The second-order valence-corrected chi connectivity index (χ2v) is 8.03. The van der Waals surface area contributed by atoms with Crippen LogP contribution in [0.1, 0.15) is 20.7 Å². The highest BCUT2D eigenvalue weighted by molar-refractivity contribution is 6.31. The van der Waals surface area contributed by atoms with Gasteiger partial charge in [-0.25, -0.2) is 22.4 Å². The third kappa shape index (κ3) is 6.22. The van der Waals surface area contributed by atoms with Crippen LogP contribution < -0.4 is 5.32 Å². The first-order valence-electron chi connectivity index (χ1n) is 10.2. The van der Waals surface area contributed by atoms with Crippen molar-refractivity contribution in [2.45, 2.75) is 0 Å². The van der Waals surface area contributed by atoms with Gasteiger partial charge < -0.3 is 10.4 Å². The molecule has 4 aromatic rings. The van der Waals surface area contributed by atoms with E-state index in [9.17, 15) is 27.2 Å². The quantitative estimate of drug-likeness (QED) is 0.225. The zero-order valence-electron chi connectivity index (χ0n) is 18.7. The number of carboxylic acid groups (broad SMARTS) is 1. The van der Waals surface area contributed by atoms with Gasteiger partial charge >= 0.3 is 5.97 Å². The average Bonchev–Trinajstić information content (AvgIpc) is 2.88. The molecule has 0 unspecified atom stereocenters. The summed E-state index contributed by atoms with van der Waals surface area (Å²) in [5.74, 6) is -4.78. The van der Waals surface area contributed by atoms with Crippen LogP contribution in [0.15, 0.2) is 61.2 Å². The van der Waals surface area contributed by atoms with Crippen molar-refractivity contribution in [3.63, 3.8) is 0 Å². The van der Waals surface area contributed by atoms with E-state index in [4.69, 9.17) is 28.3 Å². The Morgan fingerprint density at radius 3 is 1.59 bits per heavy atom. The SMILES string of the molecule is CNC(=O)c1cnccc1-c1cc(F)c(Cl)cc1F.O=C(O)c1cnccc1-c1cc(F)c(Cl)cc1F. The molecule has 4 rings (SSSR count). The fraction of sp³-hybridized carbons (Fsp3) is 0.0400. The number of pyridine rings is 2. The third-order valence-electron chi connectivity index (χ3n) is 4.94. The van der Waals surface area contributed by atoms with E-state index in [1.54, 1.807) is 0 Å². The van der Waals surface area contributed by atoms with E-state index in [1.165, 1.54) is 37.8 Å². The molecule has 0 atom stereocenters. The Kier molecular flexibility index (Phi) is 8.80. The second kappa shape index (κ2) is 11.8. The summed E-state index contributed by atoms with van der Waals surface area (Å²) in [4.78, 5) is 30.1. The molecule has 0 aliphatic heterocycles. The number of hydrogen-bond donors (Lipinski definition) is 2. The highest BCUT2D eigenvalue weighted by atomic mass is 35.5. The summed E-state index contributed by atoms with van der Waals surface area (Å²) in [5.41, 5.74) is 0.0383. The third-order valence-corrected chi connectivity index (χ3v) is 5.52. The molecular formula is C25H15Cl2F4N3O3. The van der Waals surface area contributed by atoms with E-state index in [1.807, 2.05) is 0 Å². The Morgan fingerprint density at radius 1 is 0.730 bits per heavy atom. The molecule has 190 valence electrons. The summed E-state index contributed by atoms with van der Waals surface area (Å²) in [7, 11) is 1.44. The first kappa shape index (κ1) is 27.6. The van der Waals surface area contributed by atoms with Gasteiger partial charge in [0.2, 0.25) is 0 Å². The Balaban J connectivity index is 0.000000206. The van der Waals surface area contributed by atoms with E-state index in [2.05, 4.69) is 15.3 Å². The molecule has 6 nitrogen and oxygen atoms in total. The predicted molar refractivity (Wildman–Crippen MR) is 130 cm³/mol. The summed E-state index contributed by atoms with van der Waals surface area (Å²) < 4.78 is 54.3. The number of nitrogens with one attached hydrogen (secondary N) is 1. The zero-order chi connectivity index (χ0) is 27.3. The van der Waals surface area contributed by atoms with Gasteiger partial charge in [-0.1, -0.05) is 23.2 Å². The smallest absolute Gasteiger partial charge is 0.337 e. The molecule has 1 amide bonds. The van der Waals surface area contributed by atoms with Gasteiger partial charge in [-0.15, -0.1) is 0 Å². The molecule has 37 heavy (non-hydrogen) atoms. The summed E-state index contributed by atoms with van der Waals surface area (Å²) in [5, 5.41) is 10.7. The van der Waals surface area contributed by atoms with Crippen molar-refractivity contribution in [2.75, 3.05) is 7.05 Å². The summed E-state index contributed by atoms with van der Waals surface area (Å²) in [6.45, 7) is 0. The number of rotatable bonds is 4. The highest BCUT2D eigenvalue weighted by Crippen LogP contribution is 2.31. The number of carbonyl (C=O) groups excluding carboxylic acids is 1. The lowest BCUT2D eigenvalue weighted by Crippen LogP contribution is -2.19. The largest absolute Gasteiger partial charge is 0.478 e. The maximum atomic E-state index is 13.9. The Bertz CT molecular complexity index is 1500. The van der Waals surface area contributed by atoms with Gasteiger partial charge in [0, 0.05) is 54.1 Å². The summed E-state index contributed by atoms with van der Waals surface area (Å²) >= 11 is 10.9. The maximum Gasteiger partial charge on any atom is 0.337 e. The molecule has 0 radical (unpaired) electrons. The van der Waals surface area contributed by atoms with E-state index >= 15 is 0 Å². The van der Waals surface area contributed by atoms with Crippen LogP contribution in [0.5, 0.6) is 0 Å². The van der Waals surface area contributed by atoms with Gasteiger partial charge in [0.15, 0.2) is 0 Å². The molecule has 0 saturated heterocycles. The minimum Gasteiger partial charge on any atom is -0.478 e. The Labute approximate surface area is 217 Å². The number of carboxylic acids is 1. The maximum absolute atomic E-state index is 13.9. The van der Waals surface area contributed by atoms with Crippen LogP contribution >= 0.6 is 23.2 Å². The zero-order valence-corrected chi connectivity index (χ0v) is 20.2. The number of aromatic carboxylic acids is 1. The van der Waals surface area contributed by atoms with Gasteiger partial charge in [0.05, 0.1) is 21.2 Å². The van der Waals surface area contributed by atoms with Crippen molar-refractivity contribution >= 4 is 35.1 Å². The number of amides is 1. The van der Waals surface area contributed by atoms with Crippen LogP contribution in [0.25, 0.3) is 22.3 Å². The van der Waals surface area contributed by atoms with Crippen LogP contribution in [0.2, 0.25) is 10.0 Å². The highest BCUT2D eigenvalue weighted by Gasteiger charge is 2.18. The first-order chi connectivity index (χ1) is 17.5. The fourth-order valence-electron chi connectivity index (χ4n) is 3.20. The second-order valence-electron chi connectivity index (χ2n) is 7.22. The van der Waals surface area contributed by atoms with Gasteiger partial charge in [0.25, 0.3) is 5.91 Å². The molecule has 2 heterocycles. The number of carbonyl (C=O) groups is 2. The lowest BCUT2D eigenvalue weighted by molar-refractivity contribution is 0.0697.